The Labute approximate surface area is 157 Å². The SMILES string of the molecule is COC(=O)C(=Cc1ccc2c(c1)OCO2)NC(=O)c1ccccc1I. The summed E-state index contributed by atoms with van der Waals surface area (Å²) in [7, 11) is 1.26. The second-order valence-electron chi connectivity index (χ2n) is 5.10. The number of benzene rings is 2. The van der Waals surface area contributed by atoms with E-state index in [4.69, 9.17) is 14.2 Å². The van der Waals surface area contributed by atoms with Crippen molar-refractivity contribution in [3.63, 3.8) is 0 Å². The monoisotopic (exact) mass is 451 g/mol. The molecule has 6 nitrogen and oxygen atoms in total. The molecule has 0 saturated carbocycles. The van der Waals surface area contributed by atoms with Crippen LogP contribution >= 0.6 is 22.6 Å². The number of hydrogen-bond donors (Lipinski definition) is 1. The molecule has 0 spiro atoms. The van der Waals surface area contributed by atoms with Gasteiger partial charge in [-0.15, -0.1) is 0 Å². The maximum absolute atomic E-state index is 12.5. The second kappa shape index (κ2) is 7.56. The lowest BCUT2D eigenvalue weighted by atomic mass is 10.1. The van der Waals surface area contributed by atoms with E-state index in [2.05, 4.69) is 27.9 Å². The zero-order chi connectivity index (χ0) is 17.8. The Morgan fingerprint density at radius 1 is 1.16 bits per heavy atom. The fourth-order valence-electron chi connectivity index (χ4n) is 2.26. The standard InChI is InChI=1S/C18H14INO5/c1-23-18(22)14(20-17(21)12-4-2-3-5-13(12)19)8-11-6-7-15-16(9-11)25-10-24-15/h2-9H,10H2,1H3,(H,20,21). The van der Waals surface area contributed by atoms with Crippen LogP contribution in [0, 0.1) is 3.57 Å². The first-order valence-electron chi connectivity index (χ1n) is 7.34. The predicted octanol–water partition coefficient (Wildman–Crippen LogP) is 2.96. The van der Waals surface area contributed by atoms with E-state index >= 15 is 0 Å². The molecule has 2 aromatic carbocycles. The summed E-state index contributed by atoms with van der Waals surface area (Å²) in [5.41, 5.74) is 1.18. The molecule has 0 bridgehead atoms. The number of carbonyl (C=O) groups excluding carboxylic acids is 2. The summed E-state index contributed by atoms with van der Waals surface area (Å²) in [5, 5.41) is 2.61. The molecule has 1 aliphatic rings. The van der Waals surface area contributed by atoms with Crippen LogP contribution in [0.1, 0.15) is 15.9 Å². The number of rotatable bonds is 4. The number of amides is 1. The van der Waals surface area contributed by atoms with Gasteiger partial charge in [0, 0.05) is 3.57 Å². The van der Waals surface area contributed by atoms with Gasteiger partial charge in [0.25, 0.3) is 5.91 Å². The highest BCUT2D eigenvalue weighted by atomic mass is 127. The van der Waals surface area contributed by atoms with Crippen LogP contribution in [0.25, 0.3) is 6.08 Å². The van der Waals surface area contributed by atoms with Crippen LogP contribution in [0.15, 0.2) is 48.2 Å². The number of ether oxygens (including phenoxy) is 3. The lowest BCUT2D eigenvalue weighted by Gasteiger charge is -2.09. The van der Waals surface area contributed by atoms with Crippen molar-refractivity contribution in [2.45, 2.75) is 0 Å². The van der Waals surface area contributed by atoms with Gasteiger partial charge >= 0.3 is 5.97 Å². The number of nitrogens with one attached hydrogen (secondary N) is 1. The van der Waals surface area contributed by atoms with E-state index in [1.165, 1.54) is 13.2 Å². The van der Waals surface area contributed by atoms with E-state index in [1.807, 2.05) is 12.1 Å². The van der Waals surface area contributed by atoms with Crippen LogP contribution in [0.4, 0.5) is 0 Å². The highest BCUT2D eigenvalue weighted by Gasteiger charge is 2.18. The largest absolute Gasteiger partial charge is 0.464 e. The molecular weight excluding hydrogens is 437 g/mol. The van der Waals surface area contributed by atoms with Gasteiger partial charge in [-0.05, 0) is 58.5 Å². The average molecular weight is 451 g/mol. The Morgan fingerprint density at radius 2 is 1.92 bits per heavy atom. The summed E-state index contributed by atoms with van der Waals surface area (Å²) < 4.78 is 16.1. The van der Waals surface area contributed by atoms with Crippen LogP contribution in [-0.4, -0.2) is 25.8 Å². The molecule has 128 valence electrons. The minimum atomic E-state index is -0.642. The molecule has 1 N–H and O–H groups in total. The van der Waals surface area contributed by atoms with Gasteiger partial charge in [0.15, 0.2) is 11.5 Å². The third kappa shape index (κ3) is 3.93. The van der Waals surface area contributed by atoms with E-state index in [0.717, 1.165) is 3.57 Å². The Hall–Kier alpha value is -2.55. The van der Waals surface area contributed by atoms with Gasteiger partial charge in [-0.1, -0.05) is 18.2 Å². The Balaban J connectivity index is 1.88. The predicted molar refractivity (Wildman–Crippen MR) is 99.2 cm³/mol. The second-order valence-corrected chi connectivity index (χ2v) is 6.26. The van der Waals surface area contributed by atoms with Gasteiger partial charge in [0.05, 0.1) is 12.7 Å². The molecule has 0 unspecified atom stereocenters. The summed E-state index contributed by atoms with van der Waals surface area (Å²) in [6, 6.07) is 12.3. The normalized spacial score (nSPS) is 12.6. The van der Waals surface area contributed by atoms with Crippen molar-refractivity contribution in [1.82, 2.24) is 5.32 Å². The maximum atomic E-state index is 12.5. The van der Waals surface area contributed by atoms with E-state index in [9.17, 15) is 9.59 Å². The van der Waals surface area contributed by atoms with Crippen molar-refractivity contribution in [2.75, 3.05) is 13.9 Å². The summed E-state index contributed by atoms with van der Waals surface area (Å²) in [5.74, 6) is 0.195. The first kappa shape index (κ1) is 17.3. The quantitative estimate of drug-likeness (QED) is 0.440. The number of methoxy groups -OCH3 is 1. The number of carbonyl (C=O) groups is 2. The Kier molecular flexibility index (Phi) is 5.22. The van der Waals surface area contributed by atoms with Crippen LogP contribution in [0.2, 0.25) is 0 Å². The Bertz CT molecular complexity index is 862. The molecule has 0 atom stereocenters. The number of esters is 1. The molecule has 0 aromatic heterocycles. The van der Waals surface area contributed by atoms with Crippen LogP contribution in [0.3, 0.4) is 0 Å². The van der Waals surface area contributed by atoms with E-state index in [-0.39, 0.29) is 18.4 Å². The fourth-order valence-corrected chi connectivity index (χ4v) is 2.89. The van der Waals surface area contributed by atoms with Crippen LogP contribution in [-0.2, 0) is 9.53 Å². The lowest BCUT2D eigenvalue weighted by molar-refractivity contribution is -0.136. The Morgan fingerprint density at radius 3 is 2.68 bits per heavy atom. The third-order valence-corrected chi connectivity index (χ3v) is 4.42. The van der Waals surface area contributed by atoms with Gasteiger partial charge in [-0.25, -0.2) is 4.79 Å². The van der Waals surface area contributed by atoms with Crippen LogP contribution < -0.4 is 14.8 Å². The summed E-state index contributed by atoms with van der Waals surface area (Å²) in [6.45, 7) is 0.162. The molecular formula is C18H14INO5. The number of hydrogen-bond acceptors (Lipinski definition) is 5. The zero-order valence-corrected chi connectivity index (χ0v) is 15.4. The van der Waals surface area contributed by atoms with Crippen LogP contribution in [0.5, 0.6) is 11.5 Å². The molecule has 0 aliphatic carbocycles. The average Bonchev–Trinajstić information content (AvgIpc) is 3.08. The minimum Gasteiger partial charge on any atom is -0.464 e. The first-order valence-corrected chi connectivity index (χ1v) is 8.42. The molecule has 0 radical (unpaired) electrons. The van der Waals surface area contributed by atoms with E-state index in [0.29, 0.717) is 22.6 Å². The van der Waals surface area contributed by atoms with Crippen molar-refractivity contribution < 1.29 is 23.8 Å². The third-order valence-electron chi connectivity index (χ3n) is 3.48. The molecule has 7 heteroatoms. The molecule has 0 saturated heterocycles. The minimum absolute atomic E-state index is 0.0334. The molecule has 1 amide bonds. The number of halogens is 1. The summed E-state index contributed by atoms with van der Waals surface area (Å²) >= 11 is 2.07. The smallest absolute Gasteiger partial charge is 0.354 e. The zero-order valence-electron chi connectivity index (χ0n) is 13.2. The molecule has 1 heterocycles. The fraction of sp³-hybridized carbons (Fsp3) is 0.111. The van der Waals surface area contributed by atoms with E-state index < -0.39 is 5.97 Å². The topological polar surface area (TPSA) is 73.9 Å². The summed E-state index contributed by atoms with van der Waals surface area (Å²) in [6.07, 6.45) is 1.53. The summed E-state index contributed by atoms with van der Waals surface area (Å²) in [4.78, 5) is 24.5. The van der Waals surface area contributed by atoms with Crippen molar-refractivity contribution in [1.29, 1.82) is 0 Å². The van der Waals surface area contributed by atoms with Gasteiger partial charge in [-0.2, -0.15) is 0 Å². The highest BCUT2D eigenvalue weighted by Crippen LogP contribution is 2.33. The molecule has 25 heavy (non-hydrogen) atoms. The van der Waals surface area contributed by atoms with Crippen molar-refractivity contribution in [3.8, 4) is 11.5 Å². The highest BCUT2D eigenvalue weighted by molar-refractivity contribution is 14.1. The maximum Gasteiger partial charge on any atom is 0.354 e. The van der Waals surface area contributed by atoms with Gasteiger partial charge in [-0.3, -0.25) is 4.79 Å². The number of fused-ring (bicyclic) bond motifs is 1. The molecule has 0 fully saturated rings. The van der Waals surface area contributed by atoms with Crippen molar-refractivity contribution >= 4 is 40.5 Å². The van der Waals surface area contributed by atoms with Gasteiger partial charge < -0.3 is 19.5 Å². The van der Waals surface area contributed by atoms with E-state index in [1.54, 1.807) is 30.3 Å². The lowest BCUT2D eigenvalue weighted by Crippen LogP contribution is -2.28. The molecule has 1 aliphatic heterocycles. The molecule has 2 aromatic rings. The van der Waals surface area contributed by atoms with Crippen molar-refractivity contribution in [3.05, 3.63) is 62.9 Å². The van der Waals surface area contributed by atoms with Crippen molar-refractivity contribution in [2.24, 2.45) is 0 Å². The first-order chi connectivity index (χ1) is 12.1. The molecule has 3 rings (SSSR count). The van der Waals surface area contributed by atoms with Gasteiger partial charge in [0.1, 0.15) is 5.70 Å². The van der Waals surface area contributed by atoms with Gasteiger partial charge in [0.2, 0.25) is 6.79 Å².